The van der Waals surface area contributed by atoms with Crippen molar-refractivity contribution in [2.24, 2.45) is 0 Å². The normalized spacial score (nSPS) is 10.4. The summed E-state index contributed by atoms with van der Waals surface area (Å²) in [6.45, 7) is 2.05. The standard InChI is InChI=1S/C17H18O3/c1-2-20-17(19)12-16(18)10-8-13-7-9-14-5-3-4-6-15(14)11-13/h3-7,9,11H,2,8,10,12H2,1H3. The fourth-order valence-electron chi connectivity index (χ4n) is 2.14. The zero-order valence-corrected chi connectivity index (χ0v) is 11.6. The molecule has 0 N–H and O–H groups in total. The second-order valence-corrected chi connectivity index (χ2v) is 4.70. The van der Waals surface area contributed by atoms with Crippen LogP contribution in [0.25, 0.3) is 10.8 Å². The van der Waals surface area contributed by atoms with E-state index < -0.39 is 5.97 Å². The number of aryl methyl sites for hydroxylation is 1. The molecular formula is C17H18O3. The third-order valence-electron chi connectivity index (χ3n) is 3.15. The summed E-state index contributed by atoms with van der Waals surface area (Å²) in [6.07, 6.45) is 0.904. The van der Waals surface area contributed by atoms with Crippen LogP contribution in [-0.2, 0) is 20.7 Å². The molecule has 0 amide bonds. The second kappa shape index (κ2) is 6.85. The summed E-state index contributed by atoms with van der Waals surface area (Å²) in [4.78, 5) is 22.9. The molecule has 0 fully saturated rings. The van der Waals surface area contributed by atoms with Crippen LogP contribution >= 0.6 is 0 Å². The Morgan fingerprint density at radius 3 is 2.55 bits per heavy atom. The fourth-order valence-corrected chi connectivity index (χ4v) is 2.14. The van der Waals surface area contributed by atoms with Gasteiger partial charge in [0.15, 0.2) is 0 Å². The Bertz CT molecular complexity index is 616. The van der Waals surface area contributed by atoms with Gasteiger partial charge >= 0.3 is 5.97 Å². The smallest absolute Gasteiger partial charge is 0.313 e. The van der Waals surface area contributed by atoms with Crippen LogP contribution in [0.3, 0.4) is 0 Å². The van der Waals surface area contributed by atoms with Crippen molar-refractivity contribution in [3.8, 4) is 0 Å². The molecule has 0 saturated carbocycles. The molecule has 0 aliphatic carbocycles. The van der Waals surface area contributed by atoms with Gasteiger partial charge in [-0.25, -0.2) is 0 Å². The van der Waals surface area contributed by atoms with Gasteiger partial charge in [0, 0.05) is 6.42 Å². The van der Waals surface area contributed by atoms with Crippen LogP contribution < -0.4 is 0 Å². The molecule has 0 aliphatic rings. The van der Waals surface area contributed by atoms with E-state index in [4.69, 9.17) is 4.74 Å². The quantitative estimate of drug-likeness (QED) is 0.597. The Morgan fingerprint density at radius 1 is 1.05 bits per heavy atom. The molecule has 2 rings (SSSR count). The van der Waals surface area contributed by atoms with Gasteiger partial charge in [0.1, 0.15) is 12.2 Å². The first-order chi connectivity index (χ1) is 9.69. The van der Waals surface area contributed by atoms with Gasteiger partial charge < -0.3 is 4.74 Å². The van der Waals surface area contributed by atoms with Crippen molar-refractivity contribution in [3.63, 3.8) is 0 Å². The van der Waals surface area contributed by atoms with Crippen molar-refractivity contribution in [3.05, 3.63) is 48.0 Å². The highest BCUT2D eigenvalue weighted by molar-refractivity contribution is 5.95. The van der Waals surface area contributed by atoms with Crippen LogP contribution in [0.5, 0.6) is 0 Å². The van der Waals surface area contributed by atoms with Crippen LogP contribution in [0, 0.1) is 0 Å². The Labute approximate surface area is 118 Å². The van der Waals surface area contributed by atoms with E-state index in [-0.39, 0.29) is 12.2 Å². The average Bonchev–Trinajstić information content (AvgIpc) is 2.45. The molecule has 0 aliphatic heterocycles. The summed E-state index contributed by atoms with van der Waals surface area (Å²) in [7, 11) is 0. The van der Waals surface area contributed by atoms with Crippen LogP contribution in [0.2, 0.25) is 0 Å². The van der Waals surface area contributed by atoms with Gasteiger partial charge in [0.05, 0.1) is 6.61 Å². The van der Waals surface area contributed by atoms with Gasteiger partial charge in [-0.15, -0.1) is 0 Å². The summed E-state index contributed by atoms with van der Waals surface area (Å²) in [5.74, 6) is -0.507. The van der Waals surface area contributed by atoms with E-state index in [1.54, 1.807) is 6.92 Å². The fraction of sp³-hybridized carbons (Fsp3) is 0.294. The predicted molar refractivity (Wildman–Crippen MR) is 78.5 cm³/mol. The minimum atomic E-state index is -0.434. The largest absolute Gasteiger partial charge is 0.466 e. The number of benzene rings is 2. The maximum absolute atomic E-state index is 11.7. The first kappa shape index (κ1) is 14.3. The van der Waals surface area contributed by atoms with Crippen molar-refractivity contribution < 1.29 is 14.3 Å². The lowest BCUT2D eigenvalue weighted by molar-refractivity contribution is -0.145. The number of ketones is 1. The van der Waals surface area contributed by atoms with E-state index in [1.807, 2.05) is 18.2 Å². The number of esters is 1. The van der Waals surface area contributed by atoms with Crippen molar-refractivity contribution in [1.29, 1.82) is 0 Å². The molecule has 3 heteroatoms. The molecule has 0 unspecified atom stereocenters. The van der Waals surface area contributed by atoms with E-state index in [2.05, 4.69) is 24.3 Å². The van der Waals surface area contributed by atoms with E-state index in [9.17, 15) is 9.59 Å². The van der Waals surface area contributed by atoms with Gasteiger partial charge in [-0.1, -0.05) is 42.5 Å². The molecule has 20 heavy (non-hydrogen) atoms. The van der Waals surface area contributed by atoms with Crippen molar-refractivity contribution in [1.82, 2.24) is 0 Å². The highest BCUT2D eigenvalue weighted by atomic mass is 16.5. The van der Waals surface area contributed by atoms with Gasteiger partial charge in [-0.05, 0) is 29.7 Å². The van der Waals surface area contributed by atoms with Gasteiger partial charge in [0.25, 0.3) is 0 Å². The van der Waals surface area contributed by atoms with Gasteiger partial charge in [0.2, 0.25) is 0 Å². The molecule has 3 nitrogen and oxygen atoms in total. The topological polar surface area (TPSA) is 43.4 Å². The van der Waals surface area contributed by atoms with E-state index >= 15 is 0 Å². The Hall–Kier alpha value is -2.16. The maximum Gasteiger partial charge on any atom is 0.313 e. The first-order valence-corrected chi connectivity index (χ1v) is 6.84. The van der Waals surface area contributed by atoms with Crippen molar-refractivity contribution in [2.75, 3.05) is 6.61 Å². The lowest BCUT2D eigenvalue weighted by Crippen LogP contribution is -2.11. The maximum atomic E-state index is 11.7. The number of fused-ring (bicyclic) bond motifs is 1. The summed E-state index contributed by atoms with van der Waals surface area (Å²) in [5, 5.41) is 2.36. The number of carbonyl (C=O) groups excluding carboxylic acids is 2. The lowest BCUT2D eigenvalue weighted by Gasteiger charge is -2.04. The van der Waals surface area contributed by atoms with Crippen molar-refractivity contribution >= 4 is 22.5 Å². The van der Waals surface area contributed by atoms with Crippen molar-refractivity contribution in [2.45, 2.75) is 26.2 Å². The molecule has 0 aromatic heterocycles. The number of hydrogen-bond acceptors (Lipinski definition) is 3. The second-order valence-electron chi connectivity index (χ2n) is 4.70. The molecule has 2 aromatic carbocycles. The molecule has 0 atom stereocenters. The summed E-state index contributed by atoms with van der Waals surface area (Å²) >= 11 is 0. The van der Waals surface area contributed by atoms with Crippen LogP contribution in [-0.4, -0.2) is 18.4 Å². The average molecular weight is 270 g/mol. The van der Waals surface area contributed by atoms with Gasteiger partial charge in [-0.2, -0.15) is 0 Å². The molecule has 0 spiro atoms. The number of rotatable bonds is 6. The molecule has 0 radical (unpaired) electrons. The Kier molecular flexibility index (Phi) is 4.88. The Morgan fingerprint density at radius 2 is 1.80 bits per heavy atom. The third kappa shape index (κ3) is 3.92. The monoisotopic (exact) mass is 270 g/mol. The number of ether oxygens (including phenoxy) is 1. The van der Waals surface area contributed by atoms with Crippen LogP contribution in [0.15, 0.2) is 42.5 Å². The molecule has 2 aromatic rings. The number of hydrogen-bond donors (Lipinski definition) is 0. The van der Waals surface area contributed by atoms with E-state index in [0.29, 0.717) is 19.4 Å². The highest BCUT2D eigenvalue weighted by Crippen LogP contribution is 2.16. The zero-order valence-electron chi connectivity index (χ0n) is 11.6. The molecule has 0 saturated heterocycles. The number of Topliss-reactive ketones (excluding diaryl/α,β-unsaturated/α-hetero) is 1. The van der Waals surface area contributed by atoms with E-state index in [1.165, 1.54) is 10.8 Å². The zero-order chi connectivity index (χ0) is 14.4. The number of carbonyl (C=O) groups is 2. The Balaban J connectivity index is 1.92. The van der Waals surface area contributed by atoms with Gasteiger partial charge in [-0.3, -0.25) is 9.59 Å². The lowest BCUT2D eigenvalue weighted by atomic mass is 10.0. The SMILES string of the molecule is CCOC(=O)CC(=O)CCc1ccc2ccccc2c1. The van der Waals surface area contributed by atoms with Crippen LogP contribution in [0.1, 0.15) is 25.3 Å². The minimum Gasteiger partial charge on any atom is -0.466 e. The summed E-state index contributed by atoms with van der Waals surface area (Å²) in [5.41, 5.74) is 1.11. The van der Waals surface area contributed by atoms with E-state index in [0.717, 1.165) is 5.56 Å². The third-order valence-corrected chi connectivity index (χ3v) is 3.15. The summed E-state index contributed by atoms with van der Waals surface area (Å²) in [6, 6.07) is 14.3. The predicted octanol–water partition coefficient (Wildman–Crippen LogP) is 3.29. The minimum absolute atomic E-state index is 0.0726. The summed E-state index contributed by atoms with van der Waals surface area (Å²) < 4.78 is 4.76. The molecule has 0 heterocycles. The molecular weight excluding hydrogens is 252 g/mol. The highest BCUT2D eigenvalue weighted by Gasteiger charge is 2.10. The van der Waals surface area contributed by atoms with Crippen LogP contribution in [0.4, 0.5) is 0 Å². The molecule has 0 bridgehead atoms. The first-order valence-electron chi connectivity index (χ1n) is 6.84. The molecule has 104 valence electrons.